The molecule has 0 heterocycles. The van der Waals surface area contributed by atoms with E-state index < -0.39 is 0 Å². The first-order valence-corrected chi connectivity index (χ1v) is 7.36. The van der Waals surface area contributed by atoms with Crippen LogP contribution in [0.2, 0.25) is 0 Å². The quantitative estimate of drug-likeness (QED) is 0.525. The van der Waals surface area contributed by atoms with E-state index in [1.165, 1.54) is 16.7 Å². The topological polar surface area (TPSA) is 0 Å². The predicted molar refractivity (Wildman–Crippen MR) is 81.0 cm³/mol. The van der Waals surface area contributed by atoms with Crippen LogP contribution in [0, 0.1) is 0 Å². The van der Waals surface area contributed by atoms with E-state index in [0.29, 0.717) is 0 Å². The molecule has 0 fully saturated rings. The highest BCUT2D eigenvalue weighted by Crippen LogP contribution is 2.22. The minimum absolute atomic E-state index is 0.249. The van der Waals surface area contributed by atoms with Crippen LogP contribution in [0.1, 0.15) is 45.2 Å². The molecule has 0 aliphatic rings. The van der Waals surface area contributed by atoms with Gasteiger partial charge < -0.3 is 0 Å². The molecule has 1 heteroatoms. The van der Waals surface area contributed by atoms with Crippen LogP contribution in [0.4, 0.5) is 0 Å². The molecule has 0 aliphatic carbocycles. The Labute approximate surface area is 114 Å². The lowest BCUT2D eigenvalue weighted by atomic mass is 9.86. The van der Waals surface area contributed by atoms with Crippen molar-refractivity contribution in [3.8, 4) is 0 Å². The molecule has 1 aromatic rings. The normalized spacial score (nSPS) is 12.9. The zero-order valence-electron chi connectivity index (χ0n) is 11.4. The Kier molecular flexibility index (Phi) is 5.45. The molecule has 0 N–H and O–H groups in total. The van der Waals surface area contributed by atoms with Crippen LogP contribution >= 0.6 is 15.9 Å². The van der Waals surface area contributed by atoms with Gasteiger partial charge in [0.15, 0.2) is 0 Å². The Hall–Kier alpha value is -0.560. The van der Waals surface area contributed by atoms with Crippen molar-refractivity contribution in [2.24, 2.45) is 0 Å². The summed E-state index contributed by atoms with van der Waals surface area (Å²) in [6.07, 6.45) is 4.50. The number of alkyl halides is 1. The smallest absolute Gasteiger partial charge is 0.00660 e. The highest BCUT2D eigenvalue weighted by atomic mass is 79.9. The molecule has 0 bridgehead atoms. The summed E-state index contributed by atoms with van der Waals surface area (Å²) in [5, 5.41) is 1.05. The van der Waals surface area contributed by atoms with Gasteiger partial charge in [-0.05, 0) is 36.3 Å². The average molecular weight is 295 g/mol. The van der Waals surface area contributed by atoms with Crippen LogP contribution in [0.25, 0.3) is 0 Å². The lowest BCUT2D eigenvalue weighted by molar-refractivity contribution is 0.590. The molecule has 0 unspecified atom stereocenters. The number of hydrogen-bond donors (Lipinski definition) is 0. The Bertz CT molecular complexity index is 366. The van der Waals surface area contributed by atoms with Crippen molar-refractivity contribution in [3.05, 3.63) is 47.0 Å². The summed E-state index contributed by atoms with van der Waals surface area (Å²) < 4.78 is 0. The van der Waals surface area contributed by atoms with Gasteiger partial charge in [0.1, 0.15) is 0 Å². The van der Waals surface area contributed by atoms with Gasteiger partial charge in [0.05, 0.1) is 0 Å². The molecule has 0 aromatic heterocycles. The molecule has 0 radical (unpaired) electrons. The molecule has 94 valence electrons. The van der Waals surface area contributed by atoms with E-state index in [4.69, 9.17) is 0 Å². The minimum atomic E-state index is 0.249. The maximum atomic E-state index is 3.45. The molecule has 0 saturated carbocycles. The number of allylic oxidation sites excluding steroid dienone is 2. The monoisotopic (exact) mass is 294 g/mol. The summed E-state index contributed by atoms with van der Waals surface area (Å²) in [7, 11) is 0. The SMILES string of the molecule is CC(=CCCBr)Cc1ccc(C(C)(C)C)cc1. The number of halogens is 1. The van der Waals surface area contributed by atoms with E-state index in [1.54, 1.807) is 0 Å². The maximum absolute atomic E-state index is 3.45. The second kappa shape index (κ2) is 6.39. The van der Waals surface area contributed by atoms with Gasteiger partial charge in [-0.15, -0.1) is 0 Å². The van der Waals surface area contributed by atoms with Gasteiger partial charge in [0.25, 0.3) is 0 Å². The van der Waals surface area contributed by atoms with Crippen molar-refractivity contribution in [1.82, 2.24) is 0 Å². The van der Waals surface area contributed by atoms with Crippen LogP contribution in [0.5, 0.6) is 0 Å². The summed E-state index contributed by atoms with van der Waals surface area (Å²) in [6, 6.07) is 9.03. The molecular formula is C16H23Br. The Morgan fingerprint density at radius 2 is 1.76 bits per heavy atom. The van der Waals surface area contributed by atoms with Crippen LogP contribution in [-0.2, 0) is 11.8 Å². The number of hydrogen-bond acceptors (Lipinski definition) is 0. The first-order chi connectivity index (χ1) is 7.93. The molecule has 0 atom stereocenters. The summed E-state index contributed by atoms with van der Waals surface area (Å²) in [5.74, 6) is 0. The molecule has 0 aliphatic heterocycles. The average Bonchev–Trinajstić information content (AvgIpc) is 2.26. The molecule has 0 amide bonds. The molecule has 1 aromatic carbocycles. The zero-order chi connectivity index (χ0) is 12.9. The standard InChI is InChI=1S/C16H23Br/c1-13(6-5-11-17)12-14-7-9-15(10-8-14)16(2,3)4/h6-10H,5,11-12H2,1-4H3. The Balaban J connectivity index is 2.69. The van der Waals surface area contributed by atoms with Gasteiger partial charge >= 0.3 is 0 Å². The second-order valence-corrected chi connectivity index (χ2v) is 6.44. The minimum Gasteiger partial charge on any atom is -0.0925 e. The summed E-state index contributed by atoms with van der Waals surface area (Å²) >= 11 is 3.45. The molecule has 0 nitrogen and oxygen atoms in total. The van der Waals surface area contributed by atoms with Crippen molar-refractivity contribution in [3.63, 3.8) is 0 Å². The van der Waals surface area contributed by atoms with Crippen molar-refractivity contribution in [1.29, 1.82) is 0 Å². The first-order valence-electron chi connectivity index (χ1n) is 6.24. The van der Waals surface area contributed by atoms with Gasteiger partial charge in [-0.1, -0.05) is 72.6 Å². The fraction of sp³-hybridized carbons (Fsp3) is 0.500. The van der Waals surface area contributed by atoms with E-state index in [9.17, 15) is 0 Å². The second-order valence-electron chi connectivity index (χ2n) is 5.65. The molecule has 0 saturated heterocycles. The summed E-state index contributed by atoms with van der Waals surface area (Å²) in [6.45, 7) is 8.97. The fourth-order valence-corrected chi connectivity index (χ4v) is 2.05. The maximum Gasteiger partial charge on any atom is 0.00660 e. The highest BCUT2D eigenvalue weighted by molar-refractivity contribution is 9.09. The molecule has 17 heavy (non-hydrogen) atoms. The van der Waals surface area contributed by atoms with Gasteiger partial charge in [-0.3, -0.25) is 0 Å². The lowest BCUT2D eigenvalue weighted by Gasteiger charge is -2.19. The molecule has 0 spiro atoms. The van der Waals surface area contributed by atoms with Crippen LogP contribution in [-0.4, -0.2) is 5.33 Å². The lowest BCUT2D eigenvalue weighted by Crippen LogP contribution is -2.10. The van der Waals surface area contributed by atoms with E-state index in [-0.39, 0.29) is 5.41 Å². The van der Waals surface area contributed by atoms with Gasteiger partial charge in [0, 0.05) is 5.33 Å². The zero-order valence-corrected chi connectivity index (χ0v) is 13.0. The highest BCUT2D eigenvalue weighted by Gasteiger charge is 2.12. The fourth-order valence-electron chi connectivity index (χ4n) is 1.82. The largest absolute Gasteiger partial charge is 0.0925 e. The number of rotatable bonds is 4. The number of benzene rings is 1. The van der Waals surface area contributed by atoms with Crippen LogP contribution in [0.3, 0.4) is 0 Å². The third kappa shape index (κ3) is 5.08. The first kappa shape index (κ1) is 14.5. The van der Waals surface area contributed by atoms with Crippen LogP contribution < -0.4 is 0 Å². The van der Waals surface area contributed by atoms with Gasteiger partial charge in [0.2, 0.25) is 0 Å². The summed E-state index contributed by atoms with van der Waals surface area (Å²) in [5.41, 5.74) is 4.51. The third-order valence-corrected chi connectivity index (χ3v) is 3.36. The van der Waals surface area contributed by atoms with E-state index in [2.05, 4.69) is 74.0 Å². The molecular weight excluding hydrogens is 272 g/mol. The van der Waals surface area contributed by atoms with E-state index in [0.717, 1.165) is 18.2 Å². The Morgan fingerprint density at radius 1 is 1.18 bits per heavy atom. The Morgan fingerprint density at radius 3 is 2.24 bits per heavy atom. The van der Waals surface area contributed by atoms with Crippen LogP contribution in [0.15, 0.2) is 35.9 Å². The van der Waals surface area contributed by atoms with Crippen molar-refractivity contribution in [2.45, 2.75) is 46.0 Å². The van der Waals surface area contributed by atoms with Gasteiger partial charge in [-0.2, -0.15) is 0 Å². The predicted octanol–water partition coefficient (Wildman–Crippen LogP) is 5.26. The molecule has 1 rings (SSSR count). The summed E-state index contributed by atoms with van der Waals surface area (Å²) in [4.78, 5) is 0. The van der Waals surface area contributed by atoms with Crippen molar-refractivity contribution in [2.75, 3.05) is 5.33 Å². The van der Waals surface area contributed by atoms with Crippen molar-refractivity contribution >= 4 is 15.9 Å². The van der Waals surface area contributed by atoms with E-state index in [1.807, 2.05) is 0 Å². The van der Waals surface area contributed by atoms with E-state index >= 15 is 0 Å². The van der Waals surface area contributed by atoms with Crippen molar-refractivity contribution < 1.29 is 0 Å². The van der Waals surface area contributed by atoms with Gasteiger partial charge in [-0.25, -0.2) is 0 Å². The third-order valence-electron chi connectivity index (χ3n) is 2.90.